The minimum atomic E-state index is -1.69. The van der Waals surface area contributed by atoms with Crippen molar-refractivity contribution < 1.29 is 44.3 Å². The fourth-order valence-electron chi connectivity index (χ4n) is 6.77. The molecule has 1 heterocycles. The molecule has 2 amide bonds. The van der Waals surface area contributed by atoms with Crippen LogP contribution in [0.1, 0.15) is 36.6 Å². The van der Waals surface area contributed by atoms with Crippen LogP contribution in [0.5, 0.6) is 10.9 Å². The van der Waals surface area contributed by atoms with Gasteiger partial charge in [0, 0.05) is 28.8 Å². The van der Waals surface area contributed by atoms with Crippen LogP contribution in [0.4, 0.5) is 10.5 Å². The molecule has 2 fully saturated rings. The molecule has 224 valence electrons. The Labute approximate surface area is 244 Å². The van der Waals surface area contributed by atoms with Crippen molar-refractivity contribution in [3.63, 3.8) is 0 Å². The van der Waals surface area contributed by atoms with Crippen LogP contribution in [-0.2, 0) is 20.8 Å². The van der Waals surface area contributed by atoms with Crippen molar-refractivity contribution in [2.45, 2.75) is 44.4 Å². The zero-order chi connectivity index (χ0) is 30.8. The quantitative estimate of drug-likeness (QED) is 0.212. The fourth-order valence-corrected chi connectivity index (χ4v) is 7.52. The molecule has 7 N–H and O–H groups in total. The molecule has 2 saturated carbocycles. The van der Waals surface area contributed by atoms with Gasteiger partial charge in [-0.25, -0.2) is 9.78 Å². The molecule has 13 nitrogen and oxygen atoms in total. The summed E-state index contributed by atoms with van der Waals surface area (Å²) in [6, 6.07) is 1.97. The van der Waals surface area contributed by atoms with Gasteiger partial charge in [0.15, 0.2) is 11.6 Å². The highest BCUT2D eigenvalue weighted by Gasteiger charge is 2.63. The van der Waals surface area contributed by atoms with Gasteiger partial charge in [0.2, 0.25) is 5.91 Å². The number of carbonyl (C=O) groups is 4. The number of aliphatic hydroxyl groups excluding tert-OH is 3. The number of aromatic hydroxyl groups is 1. The van der Waals surface area contributed by atoms with Gasteiger partial charge in [-0.15, -0.1) is 0 Å². The van der Waals surface area contributed by atoms with Crippen molar-refractivity contribution in [2.75, 3.05) is 19.4 Å². The summed E-state index contributed by atoms with van der Waals surface area (Å²) in [7, 11) is 3.18. The number of fused-ring (bicyclic) bond motifs is 3. The lowest BCUT2D eigenvalue weighted by atomic mass is 9.54. The minimum Gasteiger partial charge on any atom is -0.507 e. The van der Waals surface area contributed by atoms with Crippen LogP contribution in [0.2, 0.25) is 0 Å². The normalized spacial score (nSPS) is 30.5. The van der Waals surface area contributed by atoms with Crippen LogP contribution in [0.15, 0.2) is 23.1 Å². The number of aliphatic hydroxyl groups is 3. The maximum Gasteiger partial charge on any atom is 0.419 e. The van der Waals surface area contributed by atoms with Crippen LogP contribution in [0.25, 0.3) is 5.76 Å². The summed E-state index contributed by atoms with van der Waals surface area (Å²) < 4.78 is 5.19. The Kier molecular flexibility index (Phi) is 7.60. The number of nitrogens with one attached hydrogen (secondary N) is 1. The van der Waals surface area contributed by atoms with Crippen molar-refractivity contribution in [1.29, 1.82) is 0 Å². The number of thiazole rings is 1. The zero-order valence-electron chi connectivity index (χ0n) is 23.3. The minimum absolute atomic E-state index is 0.104. The van der Waals surface area contributed by atoms with Crippen LogP contribution >= 0.6 is 11.3 Å². The number of ether oxygens (including phenoxy) is 1. The SMILES string of the molecule is CCc1csc(OC(=O)Nc2ccc3c(c2O)C(O)=C2C(=O)C4C(=O)C(C(N)=O)C(O)[C@@H](N(C)C)C4[C@@H](O)C2[C@H]3C)n1. The van der Waals surface area contributed by atoms with Crippen LogP contribution in [0.3, 0.4) is 0 Å². The first-order valence-corrected chi connectivity index (χ1v) is 14.3. The van der Waals surface area contributed by atoms with E-state index in [2.05, 4.69) is 10.3 Å². The highest BCUT2D eigenvalue weighted by atomic mass is 32.1. The number of likely N-dealkylation sites (N-methyl/N-ethyl adjacent to an activating group) is 1. The van der Waals surface area contributed by atoms with E-state index in [-0.39, 0.29) is 22.0 Å². The van der Waals surface area contributed by atoms with Crippen LogP contribution in [-0.4, -0.2) is 86.2 Å². The number of ketones is 2. The Morgan fingerprint density at radius 1 is 1.17 bits per heavy atom. The van der Waals surface area contributed by atoms with Gasteiger partial charge in [0.05, 0.1) is 35.1 Å². The Hall–Kier alpha value is -3.85. The molecule has 0 saturated heterocycles. The summed E-state index contributed by atoms with van der Waals surface area (Å²) in [6.45, 7) is 3.59. The molecular formula is C28H32N4O9S. The van der Waals surface area contributed by atoms with E-state index in [0.29, 0.717) is 12.0 Å². The number of hydrogen-bond donors (Lipinski definition) is 6. The summed E-state index contributed by atoms with van der Waals surface area (Å²) in [5.41, 5.74) is 6.01. The summed E-state index contributed by atoms with van der Waals surface area (Å²) in [5, 5.41) is 49.5. The lowest BCUT2D eigenvalue weighted by Crippen LogP contribution is -2.68. The fraction of sp³-hybridized carbons (Fsp3) is 0.464. The second kappa shape index (κ2) is 10.8. The molecular weight excluding hydrogens is 568 g/mol. The van der Waals surface area contributed by atoms with Gasteiger partial charge in [-0.05, 0) is 38.1 Å². The van der Waals surface area contributed by atoms with Gasteiger partial charge in [-0.1, -0.05) is 31.3 Å². The molecule has 14 heteroatoms. The molecule has 1 aromatic carbocycles. The van der Waals surface area contributed by atoms with E-state index < -0.39 is 82.9 Å². The third kappa shape index (κ3) is 4.45. The molecule has 0 aliphatic heterocycles. The number of rotatable bonds is 5. The van der Waals surface area contributed by atoms with Gasteiger partial charge in [0.25, 0.3) is 5.19 Å². The highest BCUT2D eigenvalue weighted by Crippen LogP contribution is 2.55. The molecule has 42 heavy (non-hydrogen) atoms. The summed E-state index contributed by atoms with van der Waals surface area (Å²) >= 11 is 1.13. The number of nitrogens with two attached hydrogens (primary N) is 1. The van der Waals surface area contributed by atoms with E-state index in [0.717, 1.165) is 17.0 Å². The van der Waals surface area contributed by atoms with Crippen molar-refractivity contribution in [3.8, 4) is 10.9 Å². The van der Waals surface area contributed by atoms with Gasteiger partial charge in [-0.3, -0.25) is 19.7 Å². The van der Waals surface area contributed by atoms with Gasteiger partial charge >= 0.3 is 6.09 Å². The van der Waals surface area contributed by atoms with Crippen molar-refractivity contribution in [1.82, 2.24) is 9.88 Å². The highest BCUT2D eigenvalue weighted by molar-refractivity contribution is 7.11. The zero-order valence-corrected chi connectivity index (χ0v) is 24.1. The first kappa shape index (κ1) is 29.6. The number of phenols is 1. The van der Waals surface area contributed by atoms with E-state index in [9.17, 15) is 39.6 Å². The average Bonchev–Trinajstić information content (AvgIpc) is 3.36. The predicted octanol–water partition coefficient (Wildman–Crippen LogP) is 1.18. The van der Waals surface area contributed by atoms with Crippen molar-refractivity contribution >= 4 is 46.4 Å². The number of primary amides is 1. The topological polar surface area (TPSA) is 213 Å². The van der Waals surface area contributed by atoms with E-state index >= 15 is 0 Å². The van der Waals surface area contributed by atoms with E-state index in [1.807, 2.05) is 6.92 Å². The molecule has 0 bridgehead atoms. The van der Waals surface area contributed by atoms with E-state index in [1.54, 1.807) is 26.4 Å². The lowest BCUT2D eigenvalue weighted by Gasteiger charge is -2.53. The maximum absolute atomic E-state index is 14.0. The lowest BCUT2D eigenvalue weighted by molar-refractivity contribution is -0.166. The van der Waals surface area contributed by atoms with Crippen LogP contribution < -0.4 is 15.8 Å². The second-order valence-corrected chi connectivity index (χ2v) is 11.9. The molecule has 1 aromatic heterocycles. The molecule has 3 aliphatic carbocycles. The van der Waals surface area contributed by atoms with Crippen LogP contribution in [0, 0.1) is 23.7 Å². The maximum atomic E-state index is 14.0. The summed E-state index contributed by atoms with van der Waals surface area (Å²) in [4.78, 5) is 57.8. The number of Topliss-reactive ketones (excluding diaryl/α,β-unsaturated/α-hetero) is 2. The third-order valence-electron chi connectivity index (χ3n) is 8.67. The van der Waals surface area contributed by atoms with Gasteiger partial charge in [0.1, 0.15) is 17.4 Å². The van der Waals surface area contributed by atoms with Crippen molar-refractivity contribution in [3.05, 3.63) is 39.9 Å². The Balaban J connectivity index is 1.55. The third-order valence-corrected chi connectivity index (χ3v) is 9.44. The van der Waals surface area contributed by atoms with Crippen molar-refractivity contribution in [2.24, 2.45) is 29.4 Å². The number of aromatic nitrogens is 1. The largest absolute Gasteiger partial charge is 0.507 e. The second-order valence-electron chi connectivity index (χ2n) is 11.1. The molecule has 0 spiro atoms. The standard InChI is InChI=1S/C28H32N4O9S/c1-5-10-8-42-28(30-10)41-27(40)31-12-7-6-11-9(2)13-16(22(35)14(11)20(12)33)23(36)17-15(21(13)34)19(32(3)4)25(38)18(24(17)37)26(29)39/h6-9,13,15,17-19,21,25,33-35,38H,5H2,1-4H3,(H2,29,39)(H,31,40)/t9-,13?,15?,17?,18?,19-,21-,25?/m0/s1. The predicted molar refractivity (Wildman–Crippen MR) is 150 cm³/mol. The Morgan fingerprint density at radius 3 is 2.45 bits per heavy atom. The molecule has 2 aromatic rings. The average molecular weight is 601 g/mol. The first-order chi connectivity index (χ1) is 19.8. The monoisotopic (exact) mass is 600 g/mol. The van der Waals surface area contributed by atoms with Gasteiger partial charge in [-0.2, -0.15) is 0 Å². The Morgan fingerprint density at radius 2 is 1.86 bits per heavy atom. The van der Waals surface area contributed by atoms with E-state index in [1.165, 1.54) is 17.0 Å². The number of carbonyl (C=O) groups excluding carboxylic acids is 4. The Bertz CT molecular complexity index is 1520. The number of amides is 2. The molecule has 5 rings (SSSR count). The number of aryl methyl sites for hydroxylation is 1. The molecule has 3 aliphatic rings. The first-order valence-electron chi connectivity index (χ1n) is 13.4. The molecule has 0 radical (unpaired) electrons. The number of benzene rings is 1. The number of hydrogen-bond acceptors (Lipinski definition) is 12. The molecule has 5 unspecified atom stereocenters. The number of anilines is 1. The smallest absolute Gasteiger partial charge is 0.419 e. The summed E-state index contributed by atoms with van der Waals surface area (Å²) in [6.07, 6.45) is -3.24. The number of phenolic OH excluding ortho intramolecular Hbond substituents is 1. The summed E-state index contributed by atoms with van der Waals surface area (Å²) in [5.74, 6) is -10.1. The molecule has 8 atom stereocenters. The number of nitrogens with zero attached hydrogens (tertiary/aromatic N) is 2. The van der Waals surface area contributed by atoms with Gasteiger partial charge < -0.3 is 35.8 Å². The van der Waals surface area contributed by atoms with E-state index in [4.69, 9.17) is 10.5 Å².